The first-order chi connectivity index (χ1) is 19.3. The van der Waals surface area contributed by atoms with Gasteiger partial charge in [-0.15, -0.1) is 4.57 Å². The average Bonchev–Trinajstić information content (AvgIpc) is 3.63. The Hall–Kier alpha value is -3.13. The van der Waals surface area contributed by atoms with Crippen LogP contribution in [-0.4, -0.2) is 37.9 Å². The number of hydrogen-bond donors (Lipinski definition) is 2. The molecule has 0 saturated carbocycles. The molecule has 0 fully saturated rings. The van der Waals surface area contributed by atoms with Crippen molar-refractivity contribution < 1.29 is 17.0 Å². The van der Waals surface area contributed by atoms with Crippen LogP contribution in [0.15, 0.2) is 98.8 Å². The Bertz CT molecular complexity index is 1590. The lowest BCUT2D eigenvalue weighted by molar-refractivity contribution is -0.608. The molecule has 4 aromatic rings. The Morgan fingerprint density at radius 1 is 1.05 bits per heavy atom. The zero-order valence-corrected chi connectivity index (χ0v) is 24.7. The van der Waals surface area contributed by atoms with E-state index in [-0.39, 0.29) is 12.4 Å². The number of anilines is 1. The number of nitrogens with zero attached hydrogens (tertiary/aromatic N) is 3. The number of guanidine groups is 1. The van der Waals surface area contributed by atoms with E-state index >= 15 is 0 Å². The molecule has 0 spiro atoms. The quantitative estimate of drug-likeness (QED) is 0.198. The van der Waals surface area contributed by atoms with Gasteiger partial charge in [-0.2, -0.15) is 0 Å². The number of aryl methyl sites for hydroxylation is 1. The van der Waals surface area contributed by atoms with Crippen molar-refractivity contribution in [1.29, 1.82) is 0 Å². The third kappa shape index (κ3) is 5.30. The Labute approximate surface area is 250 Å². The van der Waals surface area contributed by atoms with E-state index in [1.165, 1.54) is 61.2 Å². The lowest BCUT2D eigenvalue weighted by atomic mass is 10.0. The summed E-state index contributed by atoms with van der Waals surface area (Å²) in [5, 5.41) is 10.6. The molecule has 204 valence electrons. The summed E-state index contributed by atoms with van der Waals surface area (Å²) in [6, 6.07) is 28.8. The van der Waals surface area contributed by atoms with Gasteiger partial charge < -0.3 is 27.9 Å². The fraction of sp³-hybridized carbons (Fsp3) is 0.250. The zero-order valence-electron chi connectivity index (χ0n) is 22.3. The van der Waals surface area contributed by atoms with Gasteiger partial charge in [0.25, 0.3) is 0 Å². The summed E-state index contributed by atoms with van der Waals surface area (Å²) in [6.45, 7) is 3.81. The summed E-state index contributed by atoms with van der Waals surface area (Å²) in [6.07, 6.45) is 5.87. The molecular formula is C32H32ClN5S2. The minimum Gasteiger partial charge on any atom is -1.00 e. The number of para-hydroxylation sites is 3. The van der Waals surface area contributed by atoms with Crippen molar-refractivity contribution in [2.45, 2.75) is 29.2 Å². The van der Waals surface area contributed by atoms with Crippen LogP contribution in [0.5, 0.6) is 0 Å². The maximum absolute atomic E-state index is 4.45. The average molecular weight is 586 g/mol. The van der Waals surface area contributed by atoms with Crippen LogP contribution in [-0.2, 0) is 6.42 Å². The SMILES string of the molecule is C(=C1Sc2cccc3c2N1CCC3)c1cc(SCCCNC2=NCCN2)[n+](-c2ccccc2)c2ccccc12.[Cl-]. The van der Waals surface area contributed by atoms with E-state index in [1.54, 1.807) is 0 Å². The van der Waals surface area contributed by atoms with Gasteiger partial charge in [-0.3, -0.25) is 4.99 Å². The minimum absolute atomic E-state index is 0. The topological polar surface area (TPSA) is 43.5 Å². The molecular weight excluding hydrogens is 554 g/mol. The van der Waals surface area contributed by atoms with E-state index in [2.05, 4.69) is 110 Å². The number of halogens is 1. The smallest absolute Gasteiger partial charge is 0.247 e. The Kier molecular flexibility index (Phi) is 8.23. The van der Waals surface area contributed by atoms with Crippen LogP contribution in [0.2, 0.25) is 0 Å². The van der Waals surface area contributed by atoms with Gasteiger partial charge in [0.2, 0.25) is 16.2 Å². The Morgan fingerprint density at radius 2 is 1.93 bits per heavy atom. The highest BCUT2D eigenvalue weighted by Crippen LogP contribution is 2.50. The van der Waals surface area contributed by atoms with Gasteiger partial charge in [-0.1, -0.05) is 66.0 Å². The van der Waals surface area contributed by atoms with Crippen LogP contribution < -0.4 is 32.5 Å². The lowest BCUT2D eigenvalue weighted by Gasteiger charge is -2.27. The molecule has 0 atom stereocenters. The molecule has 0 aliphatic carbocycles. The van der Waals surface area contributed by atoms with Crippen LogP contribution in [0, 0.1) is 0 Å². The van der Waals surface area contributed by atoms with E-state index in [1.807, 2.05) is 23.5 Å². The molecule has 5 nitrogen and oxygen atoms in total. The summed E-state index contributed by atoms with van der Waals surface area (Å²) >= 11 is 3.85. The molecule has 8 heteroatoms. The summed E-state index contributed by atoms with van der Waals surface area (Å²) in [5.41, 5.74) is 6.64. The molecule has 0 bridgehead atoms. The first-order valence-electron chi connectivity index (χ1n) is 13.8. The summed E-state index contributed by atoms with van der Waals surface area (Å²) in [7, 11) is 0. The largest absolute Gasteiger partial charge is 1.00 e. The van der Waals surface area contributed by atoms with Crippen molar-refractivity contribution in [1.82, 2.24) is 10.6 Å². The molecule has 0 saturated heterocycles. The molecule has 7 rings (SSSR count). The minimum atomic E-state index is 0. The second kappa shape index (κ2) is 12.2. The van der Waals surface area contributed by atoms with Crippen molar-refractivity contribution in [3.63, 3.8) is 0 Å². The molecule has 0 amide bonds. The van der Waals surface area contributed by atoms with E-state index < -0.39 is 0 Å². The standard InChI is InChI=1S/C32H32N5S2.ClH/c1-2-11-25(12-3-1)37-27-14-5-4-13-26(27)24(22-30(37)38-20-8-16-33-32-34-17-18-35-32)21-29-36-19-7-10-23-9-6-15-28(39-29)31(23)36;/h1-6,9,11-15,21-22H,7-8,10,16-20H2,(H2,33,34,35);1H/q+1;/p-1. The molecule has 3 aromatic carbocycles. The number of nitrogens with one attached hydrogen (secondary N) is 2. The summed E-state index contributed by atoms with van der Waals surface area (Å²) in [4.78, 5) is 8.38. The fourth-order valence-electron chi connectivity index (χ4n) is 5.67. The third-order valence-electron chi connectivity index (χ3n) is 7.45. The first kappa shape index (κ1) is 27.1. The van der Waals surface area contributed by atoms with Crippen LogP contribution in [0.3, 0.4) is 0 Å². The number of hydrogen-bond acceptors (Lipinski definition) is 6. The fourth-order valence-corrected chi connectivity index (χ4v) is 7.90. The Balaban J connectivity index is 0.00000289. The lowest BCUT2D eigenvalue weighted by Crippen LogP contribution is -3.00. The number of aliphatic imine (C=N–C) groups is 1. The highest BCUT2D eigenvalue weighted by Gasteiger charge is 2.30. The van der Waals surface area contributed by atoms with Gasteiger partial charge in [-0.25, -0.2) is 0 Å². The Morgan fingerprint density at radius 3 is 2.80 bits per heavy atom. The highest BCUT2D eigenvalue weighted by atomic mass is 35.5. The second-order valence-corrected chi connectivity index (χ2v) is 12.2. The predicted molar refractivity (Wildman–Crippen MR) is 165 cm³/mol. The van der Waals surface area contributed by atoms with Gasteiger partial charge >= 0.3 is 0 Å². The molecule has 2 N–H and O–H groups in total. The highest BCUT2D eigenvalue weighted by molar-refractivity contribution is 8.04. The maximum atomic E-state index is 4.45. The van der Waals surface area contributed by atoms with Gasteiger partial charge in [0.05, 0.1) is 22.6 Å². The van der Waals surface area contributed by atoms with Crippen LogP contribution in [0.1, 0.15) is 24.0 Å². The maximum Gasteiger partial charge on any atom is 0.247 e. The van der Waals surface area contributed by atoms with Gasteiger partial charge in [0.15, 0.2) is 5.96 Å². The third-order valence-corrected chi connectivity index (χ3v) is 9.63. The van der Waals surface area contributed by atoms with Crippen LogP contribution in [0.4, 0.5) is 5.69 Å². The summed E-state index contributed by atoms with van der Waals surface area (Å²) in [5.74, 6) is 1.96. The second-order valence-electron chi connectivity index (χ2n) is 10.0. The normalized spacial score (nSPS) is 16.4. The van der Waals surface area contributed by atoms with E-state index in [9.17, 15) is 0 Å². The van der Waals surface area contributed by atoms with E-state index in [0.29, 0.717) is 0 Å². The molecule has 40 heavy (non-hydrogen) atoms. The summed E-state index contributed by atoms with van der Waals surface area (Å²) < 4.78 is 2.42. The number of pyridine rings is 1. The van der Waals surface area contributed by atoms with Crippen molar-refractivity contribution in [3.05, 3.63) is 95.0 Å². The van der Waals surface area contributed by atoms with Gasteiger partial charge in [0, 0.05) is 54.5 Å². The van der Waals surface area contributed by atoms with Crippen molar-refractivity contribution in [3.8, 4) is 5.69 Å². The number of aromatic nitrogens is 1. The van der Waals surface area contributed by atoms with Gasteiger partial charge in [0.1, 0.15) is 0 Å². The number of benzene rings is 3. The zero-order chi connectivity index (χ0) is 26.0. The molecule has 0 unspecified atom stereocenters. The van der Waals surface area contributed by atoms with Crippen LogP contribution >= 0.6 is 23.5 Å². The van der Waals surface area contributed by atoms with E-state index in [0.717, 1.165) is 44.3 Å². The molecule has 3 aliphatic heterocycles. The molecule has 0 radical (unpaired) electrons. The number of rotatable bonds is 7. The predicted octanol–water partition coefficient (Wildman–Crippen LogP) is 3.01. The molecule has 4 heterocycles. The monoisotopic (exact) mass is 585 g/mol. The van der Waals surface area contributed by atoms with Crippen LogP contribution in [0.25, 0.3) is 22.7 Å². The molecule has 3 aliphatic rings. The number of thioether (sulfide) groups is 2. The van der Waals surface area contributed by atoms with Crippen molar-refractivity contribution >= 4 is 52.1 Å². The van der Waals surface area contributed by atoms with E-state index in [4.69, 9.17) is 0 Å². The van der Waals surface area contributed by atoms with Gasteiger partial charge in [-0.05, 0) is 48.6 Å². The van der Waals surface area contributed by atoms with Crippen molar-refractivity contribution in [2.75, 3.05) is 36.8 Å². The van der Waals surface area contributed by atoms with Crippen molar-refractivity contribution in [2.24, 2.45) is 4.99 Å². The number of fused-ring (bicyclic) bond motifs is 1. The first-order valence-corrected chi connectivity index (χ1v) is 15.6. The molecule has 1 aromatic heterocycles.